The van der Waals surface area contributed by atoms with Crippen LogP contribution in [0, 0.1) is 5.41 Å². The lowest BCUT2D eigenvalue weighted by Crippen LogP contribution is -2.33. The van der Waals surface area contributed by atoms with Gasteiger partial charge in [0.15, 0.2) is 5.13 Å². The molecule has 0 aliphatic carbocycles. The highest BCUT2D eigenvalue weighted by molar-refractivity contribution is 7.14. The maximum absolute atomic E-state index is 5.76. The third kappa shape index (κ3) is 3.06. The summed E-state index contributed by atoms with van der Waals surface area (Å²) in [7, 11) is 0. The zero-order chi connectivity index (χ0) is 10.7. The monoisotopic (exact) mass is 246 g/mol. The molecule has 2 rings (SSSR count). The molecule has 2 heterocycles. The largest absolute Gasteiger partial charge is 0.381 e. The fourth-order valence-corrected chi connectivity index (χ4v) is 2.50. The van der Waals surface area contributed by atoms with Crippen molar-refractivity contribution in [1.29, 1.82) is 0 Å². The summed E-state index contributed by atoms with van der Waals surface area (Å²) in [5, 5.41) is 6.67. The Labute approximate surface area is 98.8 Å². The summed E-state index contributed by atoms with van der Waals surface area (Å²) < 4.78 is 5.36. The molecule has 0 radical (unpaired) electrons. The smallest absolute Gasteiger partial charge is 0.184 e. The molecule has 1 saturated heterocycles. The average Bonchev–Trinajstić information content (AvgIpc) is 2.63. The second-order valence-corrected chi connectivity index (χ2v) is 5.50. The predicted molar refractivity (Wildman–Crippen MR) is 63.8 cm³/mol. The number of aromatic nitrogens is 1. The Bertz CT molecular complexity index is 323. The van der Waals surface area contributed by atoms with Crippen LogP contribution in [0.25, 0.3) is 0 Å². The molecule has 1 aromatic heterocycles. The van der Waals surface area contributed by atoms with Crippen molar-refractivity contribution in [3.05, 3.63) is 10.5 Å². The average molecular weight is 247 g/mol. The third-order valence-corrected chi connectivity index (χ3v) is 3.97. The van der Waals surface area contributed by atoms with Crippen LogP contribution in [-0.4, -0.2) is 24.7 Å². The minimum absolute atomic E-state index is 0.330. The fourth-order valence-electron chi connectivity index (χ4n) is 1.67. The molecule has 15 heavy (non-hydrogen) atoms. The van der Waals surface area contributed by atoms with Gasteiger partial charge in [-0.2, -0.15) is 0 Å². The number of anilines is 1. The summed E-state index contributed by atoms with van der Waals surface area (Å²) in [5.41, 5.74) is 0.330. The van der Waals surface area contributed by atoms with Crippen LogP contribution < -0.4 is 5.32 Å². The van der Waals surface area contributed by atoms with E-state index >= 15 is 0 Å². The van der Waals surface area contributed by atoms with E-state index in [2.05, 4.69) is 17.2 Å². The molecule has 0 atom stereocenters. The van der Waals surface area contributed by atoms with Gasteiger partial charge in [-0.3, -0.25) is 0 Å². The Kier molecular flexibility index (Phi) is 3.49. The van der Waals surface area contributed by atoms with Crippen LogP contribution in [0.2, 0.25) is 5.15 Å². The Morgan fingerprint density at radius 1 is 1.60 bits per heavy atom. The second-order valence-electron chi connectivity index (χ2n) is 4.25. The van der Waals surface area contributed by atoms with Gasteiger partial charge in [0.2, 0.25) is 0 Å². The molecule has 1 aliphatic rings. The lowest BCUT2D eigenvalue weighted by molar-refractivity contribution is 0.0300. The summed E-state index contributed by atoms with van der Waals surface area (Å²) in [6.07, 6.45) is 2.22. The van der Waals surface area contributed by atoms with Crippen molar-refractivity contribution in [1.82, 2.24) is 4.98 Å². The van der Waals surface area contributed by atoms with E-state index in [0.29, 0.717) is 10.6 Å². The summed E-state index contributed by atoms with van der Waals surface area (Å²) in [6, 6.07) is 0. The first-order valence-corrected chi connectivity index (χ1v) is 6.36. The minimum atomic E-state index is 0.330. The number of hydrogen-bond donors (Lipinski definition) is 1. The molecular weight excluding hydrogens is 232 g/mol. The maximum atomic E-state index is 5.76. The maximum Gasteiger partial charge on any atom is 0.184 e. The Morgan fingerprint density at radius 3 is 2.93 bits per heavy atom. The van der Waals surface area contributed by atoms with Crippen LogP contribution >= 0.6 is 22.9 Å². The van der Waals surface area contributed by atoms with Crippen LogP contribution in [0.1, 0.15) is 19.8 Å². The summed E-state index contributed by atoms with van der Waals surface area (Å²) in [6.45, 7) is 4.98. The van der Waals surface area contributed by atoms with E-state index in [1.807, 2.05) is 5.38 Å². The van der Waals surface area contributed by atoms with Crippen molar-refractivity contribution in [2.45, 2.75) is 19.8 Å². The van der Waals surface area contributed by atoms with E-state index in [1.165, 1.54) is 0 Å². The highest BCUT2D eigenvalue weighted by Crippen LogP contribution is 2.30. The summed E-state index contributed by atoms with van der Waals surface area (Å²) in [5.74, 6) is 0. The van der Waals surface area contributed by atoms with Gasteiger partial charge < -0.3 is 10.1 Å². The van der Waals surface area contributed by atoms with Crippen LogP contribution in [0.4, 0.5) is 5.13 Å². The predicted octanol–water partition coefficient (Wildman–Crippen LogP) is 3.03. The van der Waals surface area contributed by atoms with Crippen molar-refractivity contribution in [3.8, 4) is 0 Å². The highest BCUT2D eigenvalue weighted by Gasteiger charge is 2.27. The van der Waals surface area contributed by atoms with E-state index in [-0.39, 0.29) is 0 Å². The first-order chi connectivity index (χ1) is 7.18. The lowest BCUT2D eigenvalue weighted by atomic mass is 9.82. The van der Waals surface area contributed by atoms with Gasteiger partial charge in [-0.05, 0) is 18.3 Å². The molecule has 1 aromatic rings. The molecule has 5 heteroatoms. The molecule has 1 aliphatic heterocycles. The second kappa shape index (κ2) is 4.68. The molecule has 0 amide bonds. The number of hydrogen-bond acceptors (Lipinski definition) is 4. The fraction of sp³-hybridized carbons (Fsp3) is 0.700. The number of rotatable bonds is 3. The standard InChI is InChI=1S/C10H15ClN2OS/c1-10(2-4-14-5-3-10)7-12-9-13-8(11)6-15-9/h6H,2-5,7H2,1H3,(H,12,13). The molecule has 1 N–H and O–H groups in total. The molecular formula is C10H15ClN2OS. The normalized spacial score (nSPS) is 20.1. The first-order valence-electron chi connectivity index (χ1n) is 5.11. The topological polar surface area (TPSA) is 34.2 Å². The number of thiazole rings is 1. The van der Waals surface area contributed by atoms with Crippen molar-refractivity contribution in [3.63, 3.8) is 0 Å². The van der Waals surface area contributed by atoms with E-state index in [4.69, 9.17) is 16.3 Å². The van der Waals surface area contributed by atoms with Crippen molar-refractivity contribution < 1.29 is 4.74 Å². The molecule has 84 valence electrons. The first kappa shape index (κ1) is 11.2. The lowest BCUT2D eigenvalue weighted by Gasteiger charge is -2.33. The van der Waals surface area contributed by atoms with Crippen molar-refractivity contribution in [2.24, 2.45) is 5.41 Å². The van der Waals surface area contributed by atoms with Gasteiger partial charge in [0, 0.05) is 25.1 Å². The van der Waals surface area contributed by atoms with Crippen molar-refractivity contribution >= 4 is 28.1 Å². The molecule has 0 unspecified atom stereocenters. The van der Waals surface area contributed by atoms with E-state index in [0.717, 1.165) is 37.7 Å². The molecule has 0 spiro atoms. The number of nitrogens with zero attached hydrogens (tertiary/aromatic N) is 1. The van der Waals surface area contributed by atoms with Crippen LogP contribution in [0.3, 0.4) is 0 Å². The number of halogens is 1. The van der Waals surface area contributed by atoms with Gasteiger partial charge in [-0.1, -0.05) is 18.5 Å². The zero-order valence-electron chi connectivity index (χ0n) is 8.75. The van der Waals surface area contributed by atoms with Gasteiger partial charge in [0.05, 0.1) is 0 Å². The summed E-state index contributed by atoms with van der Waals surface area (Å²) in [4.78, 5) is 4.17. The zero-order valence-corrected chi connectivity index (χ0v) is 10.3. The van der Waals surface area contributed by atoms with Gasteiger partial charge in [0.25, 0.3) is 0 Å². The Morgan fingerprint density at radius 2 is 2.33 bits per heavy atom. The highest BCUT2D eigenvalue weighted by atomic mass is 35.5. The SMILES string of the molecule is CC1(CNc2nc(Cl)cs2)CCOCC1. The van der Waals surface area contributed by atoms with Gasteiger partial charge in [0.1, 0.15) is 5.15 Å². The molecule has 3 nitrogen and oxygen atoms in total. The Hall–Kier alpha value is -0.320. The molecule has 1 fully saturated rings. The van der Waals surface area contributed by atoms with Crippen molar-refractivity contribution in [2.75, 3.05) is 25.1 Å². The molecule has 0 aromatic carbocycles. The van der Waals surface area contributed by atoms with E-state index < -0.39 is 0 Å². The van der Waals surface area contributed by atoms with Crippen LogP contribution in [0.15, 0.2) is 5.38 Å². The van der Waals surface area contributed by atoms with Crippen LogP contribution in [-0.2, 0) is 4.74 Å². The molecule has 0 bridgehead atoms. The quantitative estimate of drug-likeness (QED) is 0.890. The Balaban J connectivity index is 1.86. The van der Waals surface area contributed by atoms with E-state index in [1.54, 1.807) is 11.3 Å². The minimum Gasteiger partial charge on any atom is -0.381 e. The number of ether oxygens (including phenoxy) is 1. The van der Waals surface area contributed by atoms with Gasteiger partial charge in [-0.25, -0.2) is 4.98 Å². The summed E-state index contributed by atoms with van der Waals surface area (Å²) >= 11 is 7.31. The van der Waals surface area contributed by atoms with Crippen LogP contribution in [0.5, 0.6) is 0 Å². The molecule has 0 saturated carbocycles. The third-order valence-electron chi connectivity index (χ3n) is 2.84. The van der Waals surface area contributed by atoms with Gasteiger partial charge in [-0.15, -0.1) is 11.3 Å². The number of nitrogens with one attached hydrogen (secondary N) is 1. The van der Waals surface area contributed by atoms with Gasteiger partial charge >= 0.3 is 0 Å². The van der Waals surface area contributed by atoms with E-state index in [9.17, 15) is 0 Å².